The number of esters is 1. The zero-order valence-electron chi connectivity index (χ0n) is 31.6. The van der Waals surface area contributed by atoms with Crippen molar-refractivity contribution in [3.05, 3.63) is 73.1 Å². The number of nitrogens with two attached hydrogens (primary N) is 1. The minimum atomic E-state index is -4.31. The molecule has 2 unspecified atom stereocenters. The highest BCUT2D eigenvalue weighted by atomic mass is 31.2. The summed E-state index contributed by atoms with van der Waals surface area (Å²) in [5.41, 5.74) is 5.34. The minimum absolute atomic E-state index is 0.00611. The second-order valence-electron chi connectivity index (χ2n) is 12.5. The molecule has 0 rings (SSSR count). The smallest absolute Gasteiger partial charge is 0.472 e. The van der Waals surface area contributed by atoms with E-state index in [0.29, 0.717) is 6.42 Å². The predicted molar refractivity (Wildman–Crippen MR) is 210 cm³/mol. The van der Waals surface area contributed by atoms with Crippen LogP contribution in [-0.2, 0) is 27.9 Å². The largest absolute Gasteiger partial charge is 0.498 e. The van der Waals surface area contributed by atoms with Crippen LogP contribution in [0, 0.1) is 0 Å². The third-order valence-corrected chi connectivity index (χ3v) is 8.66. The van der Waals surface area contributed by atoms with Crippen molar-refractivity contribution in [2.75, 3.05) is 26.4 Å². The summed E-state index contributed by atoms with van der Waals surface area (Å²) in [6.07, 6.45) is 47.3. The van der Waals surface area contributed by atoms with Crippen LogP contribution in [0.15, 0.2) is 73.1 Å². The number of carbonyl (C=O) groups excluding carboxylic acids is 1. The fourth-order valence-electron chi connectivity index (χ4n) is 4.83. The van der Waals surface area contributed by atoms with Gasteiger partial charge in [0.2, 0.25) is 0 Å². The van der Waals surface area contributed by atoms with E-state index in [2.05, 4.69) is 74.6 Å². The van der Waals surface area contributed by atoms with Crippen molar-refractivity contribution in [3.63, 3.8) is 0 Å². The summed E-state index contributed by atoms with van der Waals surface area (Å²) in [7, 11) is -4.31. The van der Waals surface area contributed by atoms with E-state index in [4.69, 9.17) is 24.3 Å². The van der Waals surface area contributed by atoms with Gasteiger partial charge in [0.1, 0.15) is 6.61 Å². The molecule has 8 nitrogen and oxygen atoms in total. The van der Waals surface area contributed by atoms with Crippen LogP contribution in [-0.4, -0.2) is 43.3 Å². The molecule has 50 heavy (non-hydrogen) atoms. The highest BCUT2D eigenvalue weighted by Crippen LogP contribution is 2.43. The van der Waals surface area contributed by atoms with Gasteiger partial charge in [-0.15, -0.1) is 0 Å². The molecule has 0 aliphatic carbocycles. The molecule has 0 fully saturated rings. The van der Waals surface area contributed by atoms with E-state index < -0.39 is 19.9 Å². The zero-order valence-corrected chi connectivity index (χ0v) is 32.5. The zero-order chi connectivity index (χ0) is 36.6. The third-order valence-electron chi connectivity index (χ3n) is 7.67. The molecule has 0 saturated heterocycles. The molecule has 0 bridgehead atoms. The molecule has 0 aromatic rings. The first kappa shape index (κ1) is 47.8. The average Bonchev–Trinajstić information content (AvgIpc) is 3.10. The Morgan fingerprint density at radius 3 is 1.72 bits per heavy atom. The quantitative estimate of drug-likeness (QED) is 0.0216. The van der Waals surface area contributed by atoms with Gasteiger partial charge in [0.25, 0.3) is 0 Å². The van der Waals surface area contributed by atoms with Gasteiger partial charge in [0.05, 0.1) is 19.5 Å². The molecule has 0 aromatic heterocycles. The molecule has 2 atom stereocenters. The fraction of sp³-hybridized carbons (Fsp3) is 0.683. The predicted octanol–water partition coefficient (Wildman–Crippen LogP) is 11.5. The van der Waals surface area contributed by atoms with E-state index in [-0.39, 0.29) is 32.8 Å². The molecular formula is C41H72NO7P. The van der Waals surface area contributed by atoms with E-state index >= 15 is 0 Å². The van der Waals surface area contributed by atoms with Crippen LogP contribution in [0.2, 0.25) is 0 Å². The number of phosphoric acid groups is 1. The van der Waals surface area contributed by atoms with Gasteiger partial charge in [-0.3, -0.25) is 13.8 Å². The number of hydrogen-bond donors (Lipinski definition) is 2. The third kappa shape index (κ3) is 37.0. The van der Waals surface area contributed by atoms with Crippen molar-refractivity contribution in [2.24, 2.45) is 5.73 Å². The summed E-state index contributed by atoms with van der Waals surface area (Å²) in [5, 5.41) is 0. The first-order chi connectivity index (χ1) is 24.4. The van der Waals surface area contributed by atoms with E-state index in [1.165, 1.54) is 64.2 Å². The van der Waals surface area contributed by atoms with Gasteiger partial charge in [-0.05, 0) is 89.5 Å². The van der Waals surface area contributed by atoms with Crippen LogP contribution in [0.4, 0.5) is 0 Å². The molecular weight excluding hydrogens is 649 g/mol. The van der Waals surface area contributed by atoms with Crippen LogP contribution < -0.4 is 5.73 Å². The summed E-state index contributed by atoms with van der Waals surface area (Å²) in [6.45, 7) is 4.03. The maximum absolute atomic E-state index is 12.5. The molecule has 0 aliphatic heterocycles. The number of phosphoric ester groups is 1. The number of ether oxygens (including phenoxy) is 2. The van der Waals surface area contributed by atoms with E-state index in [1.807, 2.05) is 6.08 Å². The second-order valence-corrected chi connectivity index (χ2v) is 13.9. The highest BCUT2D eigenvalue weighted by molar-refractivity contribution is 7.47. The summed E-state index contributed by atoms with van der Waals surface area (Å²) < 4.78 is 33.0. The summed E-state index contributed by atoms with van der Waals surface area (Å²) in [4.78, 5) is 22.4. The number of allylic oxidation sites excluding steroid dienone is 11. The van der Waals surface area contributed by atoms with Crippen molar-refractivity contribution >= 4 is 13.8 Å². The van der Waals surface area contributed by atoms with Gasteiger partial charge in [0.15, 0.2) is 6.10 Å². The van der Waals surface area contributed by atoms with Gasteiger partial charge in [-0.1, -0.05) is 120 Å². The molecule has 288 valence electrons. The van der Waals surface area contributed by atoms with E-state index in [1.54, 1.807) is 6.26 Å². The Bertz CT molecular complexity index is 989. The van der Waals surface area contributed by atoms with E-state index in [9.17, 15) is 14.3 Å². The second kappa shape index (κ2) is 38.0. The number of carbonyl (C=O) groups is 1. The molecule has 3 N–H and O–H groups in total. The summed E-state index contributed by atoms with van der Waals surface area (Å²) in [6, 6.07) is 0. The number of hydrogen-bond acceptors (Lipinski definition) is 7. The van der Waals surface area contributed by atoms with Crippen molar-refractivity contribution in [3.8, 4) is 0 Å². The maximum Gasteiger partial charge on any atom is 0.472 e. The lowest BCUT2D eigenvalue weighted by molar-refractivity contribution is -0.153. The Morgan fingerprint density at radius 1 is 0.640 bits per heavy atom. The summed E-state index contributed by atoms with van der Waals surface area (Å²) in [5.74, 6) is -0.399. The van der Waals surface area contributed by atoms with Crippen molar-refractivity contribution in [1.29, 1.82) is 0 Å². The lowest BCUT2D eigenvalue weighted by atomic mass is 10.1. The fourth-order valence-corrected chi connectivity index (χ4v) is 5.59. The van der Waals surface area contributed by atoms with Gasteiger partial charge in [0, 0.05) is 13.0 Å². The number of unbranched alkanes of at least 4 members (excludes halogenated alkanes) is 13. The van der Waals surface area contributed by atoms with Crippen LogP contribution in [0.5, 0.6) is 0 Å². The molecule has 0 aromatic carbocycles. The Labute approximate surface area is 305 Å². The Morgan fingerprint density at radius 2 is 1.14 bits per heavy atom. The molecule has 0 spiro atoms. The van der Waals surface area contributed by atoms with Crippen LogP contribution >= 0.6 is 7.82 Å². The Hall–Kier alpha value is -2.22. The lowest BCUT2D eigenvalue weighted by Crippen LogP contribution is -2.27. The molecule has 0 aliphatic rings. The molecule has 9 heteroatoms. The SMILES string of the molecule is CCC=CCC=CCC=CCC=CCCCCC(=O)OC(COC=CCCCCCCC=CCCCCCCCC)COP(=O)(O)OCCN. The van der Waals surface area contributed by atoms with Crippen molar-refractivity contribution < 1.29 is 32.8 Å². The Balaban J connectivity index is 4.25. The number of rotatable bonds is 36. The standard InChI is InChI=1S/C41H72NO7P/c1-3-5-7-9-11-13-15-17-19-21-23-25-27-29-31-33-36-46-38-40(39-48-50(44,45)47-37-35-42)49-41(43)34-32-30-28-26-24-22-20-18-16-14-12-10-8-6-4-2/h6,8,12,14,17-20,24,26,33,36,40H,3-5,7,9-11,13,15-16,21-23,25,27-32,34-35,37-39,42H2,1-2H3,(H,44,45). The molecule has 0 radical (unpaired) electrons. The van der Waals surface area contributed by atoms with Gasteiger partial charge < -0.3 is 20.1 Å². The molecule has 0 heterocycles. The lowest BCUT2D eigenvalue weighted by Gasteiger charge is -2.19. The average molecular weight is 722 g/mol. The van der Waals surface area contributed by atoms with Gasteiger partial charge in [-0.2, -0.15) is 0 Å². The first-order valence-corrected chi connectivity index (χ1v) is 21.0. The maximum atomic E-state index is 12.5. The monoisotopic (exact) mass is 722 g/mol. The topological polar surface area (TPSA) is 117 Å². The van der Waals surface area contributed by atoms with Gasteiger partial charge >= 0.3 is 13.8 Å². The molecule has 0 saturated carbocycles. The first-order valence-electron chi connectivity index (χ1n) is 19.5. The van der Waals surface area contributed by atoms with Crippen LogP contribution in [0.3, 0.4) is 0 Å². The van der Waals surface area contributed by atoms with Crippen LogP contribution in [0.25, 0.3) is 0 Å². The summed E-state index contributed by atoms with van der Waals surface area (Å²) >= 11 is 0. The minimum Gasteiger partial charge on any atom is -0.498 e. The Kier molecular flexibility index (Phi) is 36.3. The van der Waals surface area contributed by atoms with Crippen molar-refractivity contribution in [1.82, 2.24) is 0 Å². The highest BCUT2D eigenvalue weighted by Gasteiger charge is 2.25. The van der Waals surface area contributed by atoms with Crippen molar-refractivity contribution in [2.45, 2.75) is 155 Å². The molecule has 0 amide bonds. The normalized spacial score (nSPS) is 14.3. The van der Waals surface area contributed by atoms with Gasteiger partial charge in [-0.25, -0.2) is 4.57 Å². The van der Waals surface area contributed by atoms with Crippen LogP contribution in [0.1, 0.15) is 149 Å². The van der Waals surface area contributed by atoms with E-state index in [0.717, 1.165) is 57.8 Å².